The van der Waals surface area contributed by atoms with Crippen LogP contribution >= 0.6 is 0 Å². The Morgan fingerprint density at radius 1 is 1.07 bits per heavy atom. The number of fused-ring (bicyclic) bond motifs is 3. The maximum Gasteiger partial charge on any atom is 0.257 e. The number of imide groups is 1. The zero-order valence-corrected chi connectivity index (χ0v) is 16.8. The summed E-state index contributed by atoms with van der Waals surface area (Å²) in [6, 6.07) is 5.76. The highest BCUT2D eigenvalue weighted by Gasteiger charge is 2.30. The van der Waals surface area contributed by atoms with Crippen molar-refractivity contribution in [1.29, 1.82) is 0 Å². The minimum Gasteiger partial charge on any atom is -0.381 e. The van der Waals surface area contributed by atoms with Gasteiger partial charge in [0.15, 0.2) is 0 Å². The number of H-pyrrole nitrogens is 1. The third kappa shape index (κ3) is 3.71. The summed E-state index contributed by atoms with van der Waals surface area (Å²) in [5.41, 5.74) is 4.33. The first-order valence-corrected chi connectivity index (χ1v) is 11.0. The maximum atomic E-state index is 12.7. The number of benzene rings is 1. The SMILES string of the molecule is O=C(NC(=O)C1CCNC1)c1ccc2[nH]c3c(c2c1)CC(C1CCOCC1)CC3. The molecule has 2 saturated heterocycles. The van der Waals surface area contributed by atoms with E-state index in [2.05, 4.69) is 15.6 Å². The average molecular weight is 396 g/mol. The molecule has 2 fully saturated rings. The second kappa shape index (κ2) is 7.92. The first-order valence-electron chi connectivity index (χ1n) is 11.0. The molecule has 6 heteroatoms. The van der Waals surface area contributed by atoms with Crippen LogP contribution in [0.2, 0.25) is 0 Å². The highest BCUT2D eigenvalue weighted by molar-refractivity contribution is 6.07. The van der Waals surface area contributed by atoms with Crippen molar-refractivity contribution >= 4 is 22.7 Å². The molecule has 154 valence electrons. The van der Waals surface area contributed by atoms with Crippen LogP contribution in [0.25, 0.3) is 10.9 Å². The first-order chi connectivity index (χ1) is 14.2. The molecule has 2 unspecified atom stereocenters. The molecular weight excluding hydrogens is 366 g/mol. The van der Waals surface area contributed by atoms with E-state index in [0.717, 1.165) is 68.7 Å². The molecule has 2 aliphatic heterocycles. The van der Waals surface area contributed by atoms with Crippen LogP contribution in [0.4, 0.5) is 0 Å². The molecule has 5 rings (SSSR count). The van der Waals surface area contributed by atoms with Crippen molar-refractivity contribution in [2.75, 3.05) is 26.3 Å². The second-order valence-corrected chi connectivity index (χ2v) is 8.80. The van der Waals surface area contributed by atoms with Crippen LogP contribution in [0.15, 0.2) is 18.2 Å². The lowest BCUT2D eigenvalue weighted by atomic mass is 9.75. The number of carbonyl (C=O) groups excluding carboxylic acids is 2. The molecule has 2 aromatic rings. The van der Waals surface area contributed by atoms with Crippen LogP contribution in [0.3, 0.4) is 0 Å². The summed E-state index contributed by atoms with van der Waals surface area (Å²) < 4.78 is 5.54. The fraction of sp³-hybridized carbons (Fsp3) is 0.565. The maximum absolute atomic E-state index is 12.7. The zero-order valence-electron chi connectivity index (χ0n) is 16.8. The molecule has 3 aliphatic rings. The van der Waals surface area contributed by atoms with E-state index in [9.17, 15) is 9.59 Å². The predicted octanol–water partition coefficient (Wildman–Crippen LogP) is 2.57. The Bertz CT molecular complexity index is 923. The van der Waals surface area contributed by atoms with E-state index in [1.807, 2.05) is 18.2 Å². The highest BCUT2D eigenvalue weighted by atomic mass is 16.5. The number of aromatic amines is 1. The van der Waals surface area contributed by atoms with E-state index in [1.165, 1.54) is 17.7 Å². The summed E-state index contributed by atoms with van der Waals surface area (Å²) in [7, 11) is 0. The molecule has 3 N–H and O–H groups in total. The van der Waals surface area contributed by atoms with Crippen LogP contribution in [0, 0.1) is 17.8 Å². The van der Waals surface area contributed by atoms with E-state index >= 15 is 0 Å². The van der Waals surface area contributed by atoms with Gasteiger partial charge in [0.05, 0.1) is 5.92 Å². The molecule has 0 bridgehead atoms. The Morgan fingerprint density at radius 3 is 2.72 bits per heavy atom. The van der Waals surface area contributed by atoms with Crippen molar-refractivity contribution in [3.8, 4) is 0 Å². The van der Waals surface area contributed by atoms with Crippen molar-refractivity contribution in [2.24, 2.45) is 17.8 Å². The van der Waals surface area contributed by atoms with Gasteiger partial charge in [-0.1, -0.05) is 0 Å². The molecule has 1 aromatic carbocycles. The van der Waals surface area contributed by atoms with E-state index < -0.39 is 0 Å². The second-order valence-electron chi connectivity index (χ2n) is 8.80. The van der Waals surface area contributed by atoms with Gasteiger partial charge in [-0.05, 0) is 80.7 Å². The van der Waals surface area contributed by atoms with Gasteiger partial charge in [-0.2, -0.15) is 0 Å². The van der Waals surface area contributed by atoms with E-state index in [4.69, 9.17) is 4.74 Å². The van der Waals surface area contributed by atoms with Crippen LogP contribution < -0.4 is 10.6 Å². The first kappa shape index (κ1) is 18.8. The molecule has 0 spiro atoms. The topological polar surface area (TPSA) is 83.2 Å². The third-order valence-electron chi connectivity index (χ3n) is 7.09. The number of carbonyl (C=O) groups is 2. The lowest BCUT2D eigenvalue weighted by Gasteiger charge is -2.33. The highest BCUT2D eigenvalue weighted by Crippen LogP contribution is 2.38. The summed E-state index contributed by atoms with van der Waals surface area (Å²) in [6.07, 6.45) is 6.47. The molecule has 0 radical (unpaired) electrons. The standard InChI is InChI=1S/C23H29N3O3/c27-22(26-23(28)17-5-8-24-13-17)16-2-4-21-19(12-16)18-11-15(1-3-20(18)25-21)14-6-9-29-10-7-14/h2,4,12,14-15,17,24-25H,1,3,5-11,13H2,(H,26,27,28). The molecule has 6 nitrogen and oxygen atoms in total. The number of hydrogen-bond donors (Lipinski definition) is 3. The van der Waals surface area contributed by atoms with Gasteiger partial charge in [-0.15, -0.1) is 0 Å². The molecule has 0 saturated carbocycles. The summed E-state index contributed by atoms with van der Waals surface area (Å²) in [6.45, 7) is 3.26. The fourth-order valence-electron chi connectivity index (χ4n) is 5.34. The van der Waals surface area contributed by atoms with Gasteiger partial charge in [-0.3, -0.25) is 14.9 Å². The quantitative estimate of drug-likeness (QED) is 0.698. The monoisotopic (exact) mass is 395 g/mol. The van der Waals surface area contributed by atoms with Gasteiger partial charge in [0.1, 0.15) is 0 Å². The Morgan fingerprint density at radius 2 is 1.93 bits per heavy atom. The Kier molecular flexibility index (Phi) is 5.14. The van der Waals surface area contributed by atoms with Crippen molar-refractivity contribution in [3.05, 3.63) is 35.0 Å². The Balaban J connectivity index is 1.36. The minimum absolute atomic E-state index is 0.108. The van der Waals surface area contributed by atoms with Crippen molar-refractivity contribution in [2.45, 2.75) is 38.5 Å². The van der Waals surface area contributed by atoms with Crippen LogP contribution in [0.1, 0.15) is 47.3 Å². The number of ether oxygens (including phenoxy) is 1. The van der Waals surface area contributed by atoms with Crippen molar-refractivity contribution < 1.29 is 14.3 Å². The number of aryl methyl sites for hydroxylation is 1. The van der Waals surface area contributed by atoms with Gasteiger partial charge in [0.2, 0.25) is 5.91 Å². The number of aromatic nitrogens is 1. The predicted molar refractivity (Wildman–Crippen MR) is 111 cm³/mol. The largest absolute Gasteiger partial charge is 0.381 e. The van der Waals surface area contributed by atoms with Crippen LogP contribution in [0.5, 0.6) is 0 Å². The summed E-state index contributed by atoms with van der Waals surface area (Å²) >= 11 is 0. The van der Waals surface area contributed by atoms with Gasteiger partial charge in [0, 0.05) is 41.9 Å². The molecule has 1 aliphatic carbocycles. The van der Waals surface area contributed by atoms with Crippen LogP contribution in [-0.4, -0.2) is 43.1 Å². The van der Waals surface area contributed by atoms with Crippen molar-refractivity contribution in [3.63, 3.8) is 0 Å². The minimum atomic E-state index is -0.296. The van der Waals surface area contributed by atoms with Crippen LogP contribution in [-0.2, 0) is 22.4 Å². The third-order valence-corrected chi connectivity index (χ3v) is 7.09. The smallest absolute Gasteiger partial charge is 0.257 e. The molecule has 3 heterocycles. The van der Waals surface area contributed by atoms with Gasteiger partial charge in [0.25, 0.3) is 5.91 Å². The molecular formula is C23H29N3O3. The number of hydrogen-bond acceptors (Lipinski definition) is 4. The Hall–Kier alpha value is -2.18. The van der Waals surface area contributed by atoms with Gasteiger partial charge in [-0.25, -0.2) is 0 Å². The zero-order chi connectivity index (χ0) is 19.8. The van der Waals surface area contributed by atoms with Crippen molar-refractivity contribution in [1.82, 2.24) is 15.6 Å². The van der Waals surface area contributed by atoms with Gasteiger partial charge < -0.3 is 15.0 Å². The molecule has 1 aromatic heterocycles. The summed E-state index contributed by atoms with van der Waals surface area (Å²) in [5, 5.41) is 6.90. The van der Waals surface area contributed by atoms with E-state index in [0.29, 0.717) is 18.0 Å². The number of nitrogens with one attached hydrogen (secondary N) is 3. The average Bonchev–Trinajstić information content (AvgIpc) is 3.41. The molecule has 29 heavy (non-hydrogen) atoms. The van der Waals surface area contributed by atoms with E-state index in [-0.39, 0.29) is 17.7 Å². The normalized spacial score (nSPS) is 25.1. The number of rotatable bonds is 3. The Labute approximate surface area is 170 Å². The van der Waals surface area contributed by atoms with E-state index in [1.54, 1.807) is 0 Å². The summed E-state index contributed by atoms with van der Waals surface area (Å²) in [5.74, 6) is 0.861. The lowest BCUT2D eigenvalue weighted by Crippen LogP contribution is -2.36. The van der Waals surface area contributed by atoms with Gasteiger partial charge >= 0.3 is 0 Å². The lowest BCUT2D eigenvalue weighted by molar-refractivity contribution is -0.123. The molecule has 2 atom stereocenters. The fourth-order valence-corrected chi connectivity index (χ4v) is 5.34. The summed E-state index contributed by atoms with van der Waals surface area (Å²) in [4.78, 5) is 28.5. The molecule has 2 amide bonds. The number of amides is 2.